The van der Waals surface area contributed by atoms with Gasteiger partial charge in [-0.3, -0.25) is 0 Å². The van der Waals surface area contributed by atoms with E-state index >= 15 is 0 Å². The molecule has 0 unspecified atom stereocenters. The van der Waals surface area contributed by atoms with E-state index in [1.165, 1.54) is 5.56 Å². The molecule has 0 bridgehead atoms. The number of aliphatic imine (C=N–C) groups is 1. The first kappa shape index (κ1) is 24.7. The Balaban J connectivity index is 2.01. The summed E-state index contributed by atoms with van der Waals surface area (Å²) >= 11 is 0. The minimum atomic E-state index is -3.39. The third-order valence-corrected chi connectivity index (χ3v) is 6.02. The molecule has 170 valence electrons. The van der Waals surface area contributed by atoms with E-state index in [9.17, 15) is 8.42 Å². The zero-order valence-corrected chi connectivity index (χ0v) is 19.6. The maximum absolute atomic E-state index is 12.3. The predicted molar refractivity (Wildman–Crippen MR) is 127 cm³/mol. The van der Waals surface area contributed by atoms with E-state index < -0.39 is 10.0 Å². The fraction of sp³-hybridized carbons (Fsp3) is 0.435. The van der Waals surface area contributed by atoms with Gasteiger partial charge in [-0.15, -0.1) is 0 Å². The Hall–Kier alpha value is -2.58. The fourth-order valence-electron chi connectivity index (χ4n) is 3.08. The zero-order chi connectivity index (χ0) is 22.7. The van der Waals surface area contributed by atoms with Crippen molar-refractivity contribution in [1.82, 2.24) is 15.4 Å². The molecule has 0 amide bonds. The van der Waals surface area contributed by atoms with Crippen LogP contribution in [-0.4, -0.2) is 40.6 Å². The summed E-state index contributed by atoms with van der Waals surface area (Å²) in [7, 11) is -1.74. The van der Waals surface area contributed by atoms with Crippen molar-refractivity contribution in [3.8, 4) is 5.75 Å². The van der Waals surface area contributed by atoms with Crippen LogP contribution in [0.5, 0.6) is 5.75 Å². The Morgan fingerprint density at radius 1 is 1.03 bits per heavy atom. The SMILES string of the molecule is CCNC(=NCc1ccccc1CS(=O)(=O)NC(C)C)NCCc1ccc(OC)cc1. The minimum Gasteiger partial charge on any atom is -0.497 e. The molecule has 0 radical (unpaired) electrons. The van der Waals surface area contributed by atoms with Crippen molar-refractivity contribution < 1.29 is 13.2 Å². The van der Waals surface area contributed by atoms with Crippen LogP contribution in [0.1, 0.15) is 37.5 Å². The van der Waals surface area contributed by atoms with Gasteiger partial charge in [-0.25, -0.2) is 18.1 Å². The standard InChI is InChI=1S/C23H34N4O3S/c1-5-24-23(25-15-14-19-10-12-22(30-4)13-11-19)26-16-20-8-6-7-9-21(20)17-31(28,29)27-18(2)3/h6-13,18,27H,5,14-17H2,1-4H3,(H2,24,25,26). The lowest BCUT2D eigenvalue weighted by Crippen LogP contribution is -2.38. The molecule has 0 atom stereocenters. The van der Waals surface area contributed by atoms with Gasteiger partial charge in [-0.05, 0) is 56.0 Å². The highest BCUT2D eigenvalue weighted by Gasteiger charge is 2.15. The molecule has 8 heteroatoms. The van der Waals surface area contributed by atoms with E-state index in [0.29, 0.717) is 12.5 Å². The molecule has 0 fully saturated rings. The van der Waals surface area contributed by atoms with Crippen LogP contribution in [0.3, 0.4) is 0 Å². The van der Waals surface area contributed by atoms with Crippen molar-refractivity contribution in [1.29, 1.82) is 0 Å². The molecule has 2 aromatic carbocycles. The summed E-state index contributed by atoms with van der Waals surface area (Å²) in [5.41, 5.74) is 2.86. The highest BCUT2D eigenvalue weighted by Crippen LogP contribution is 2.14. The Labute approximate surface area is 186 Å². The summed E-state index contributed by atoms with van der Waals surface area (Å²) in [4.78, 5) is 4.65. The van der Waals surface area contributed by atoms with Crippen LogP contribution >= 0.6 is 0 Å². The van der Waals surface area contributed by atoms with E-state index in [1.807, 2.05) is 69.3 Å². The van der Waals surface area contributed by atoms with Gasteiger partial charge >= 0.3 is 0 Å². The molecule has 31 heavy (non-hydrogen) atoms. The first-order valence-corrected chi connectivity index (χ1v) is 12.2. The van der Waals surface area contributed by atoms with Crippen molar-refractivity contribution in [3.05, 3.63) is 65.2 Å². The Bertz CT molecular complexity index is 942. The number of nitrogens with zero attached hydrogens (tertiary/aromatic N) is 1. The van der Waals surface area contributed by atoms with E-state index in [1.54, 1.807) is 7.11 Å². The van der Waals surface area contributed by atoms with Gasteiger partial charge in [0.2, 0.25) is 10.0 Å². The van der Waals surface area contributed by atoms with Crippen LogP contribution < -0.4 is 20.1 Å². The Kier molecular flexibility index (Phi) is 9.81. The highest BCUT2D eigenvalue weighted by atomic mass is 32.2. The smallest absolute Gasteiger partial charge is 0.216 e. The van der Waals surface area contributed by atoms with Crippen LogP contribution in [0.15, 0.2) is 53.5 Å². The van der Waals surface area contributed by atoms with Crippen molar-refractivity contribution in [2.75, 3.05) is 20.2 Å². The second-order valence-corrected chi connectivity index (χ2v) is 9.27. The van der Waals surface area contributed by atoms with Crippen LogP contribution in [-0.2, 0) is 28.7 Å². The molecule has 0 aromatic heterocycles. The van der Waals surface area contributed by atoms with E-state index in [-0.39, 0.29) is 11.8 Å². The first-order chi connectivity index (χ1) is 14.8. The van der Waals surface area contributed by atoms with E-state index in [0.717, 1.165) is 36.4 Å². The predicted octanol–water partition coefficient (Wildman–Crippen LogP) is 2.82. The number of ether oxygens (including phenoxy) is 1. The second kappa shape index (κ2) is 12.3. The van der Waals surface area contributed by atoms with Crippen LogP contribution in [0.4, 0.5) is 0 Å². The van der Waals surface area contributed by atoms with Gasteiger partial charge in [0.25, 0.3) is 0 Å². The van der Waals surface area contributed by atoms with Gasteiger partial charge in [0.15, 0.2) is 5.96 Å². The quantitative estimate of drug-likeness (QED) is 0.365. The summed E-state index contributed by atoms with van der Waals surface area (Å²) in [5, 5.41) is 6.58. The maximum Gasteiger partial charge on any atom is 0.216 e. The summed E-state index contributed by atoms with van der Waals surface area (Å²) in [5.74, 6) is 1.49. The van der Waals surface area contributed by atoms with Gasteiger partial charge in [0.1, 0.15) is 5.75 Å². The molecule has 2 aromatic rings. The van der Waals surface area contributed by atoms with Gasteiger partial charge < -0.3 is 15.4 Å². The van der Waals surface area contributed by atoms with Crippen LogP contribution in [0.2, 0.25) is 0 Å². The lowest BCUT2D eigenvalue weighted by Gasteiger charge is -2.14. The molecular formula is C23H34N4O3S. The largest absolute Gasteiger partial charge is 0.497 e. The van der Waals surface area contributed by atoms with Gasteiger partial charge in [0.05, 0.1) is 19.4 Å². The number of hydrogen-bond donors (Lipinski definition) is 3. The molecule has 0 aliphatic carbocycles. The van der Waals surface area contributed by atoms with Crippen molar-refractivity contribution in [3.63, 3.8) is 0 Å². The second-order valence-electron chi connectivity index (χ2n) is 7.52. The van der Waals surface area contributed by atoms with Gasteiger partial charge in [-0.2, -0.15) is 0 Å². The number of guanidine groups is 1. The summed E-state index contributed by atoms with van der Waals surface area (Å²) < 4.78 is 32.5. The number of hydrogen-bond acceptors (Lipinski definition) is 4. The first-order valence-electron chi connectivity index (χ1n) is 10.5. The normalized spacial score (nSPS) is 12.1. The number of sulfonamides is 1. The molecule has 0 saturated carbocycles. The maximum atomic E-state index is 12.3. The van der Waals surface area contributed by atoms with E-state index in [4.69, 9.17) is 4.74 Å². The van der Waals surface area contributed by atoms with Gasteiger partial charge in [0, 0.05) is 19.1 Å². The molecule has 7 nitrogen and oxygen atoms in total. The summed E-state index contributed by atoms with van der Waals surface area (Å²) in [6.45, 7) is 7.50. The topological polar surface area (TPSA) is 91.8 Å². The molecule has 2 rings (SSSR count). The van der Waals surface area contributed by atoms with Crippen LogP contribution in [0, 0.1) is 0 Å². The summed E-state index contributed by atoms with van der Waals surface area (Å²) in [6, 6.07) is 15.4. The Morgan fingerprint density at radius 2 is 1.71 bits per heavy atom. The molecule has 0 aliphatic heterocycles. The number of benzene rings is 2. The molecule has 0 heterocycles. The fourth-order valence-corrected chi connectivity index (χ4v) is 4.57. The monoisotopic (exact) mass is 446 g/mol. The average Bonchev–Trinajstić information content (AvgIpc) is 2.72. The zero-order valence-electron chi connectivity index (χ0n) is 18.8. The number of methoxy groups -OCH3 is 1. The summed E-state index contributed by atoms with van der Waals surface area (Å²) in [6.07, 6.45) is 0.851. The van der Waals surface area contributed by atoms with Crippen molar-refractivity contribution >= 4 is 16.0 Å². The Morgan fingerprint density at radius 3 is 2.32 bits per heavy atom. The molecular weight excluding hydrogens is 412 g/mol. The third-order valence-electron chi connectivity index (χ3n) is 4.50. The molecule has 3 N–H and O–H groups in total. The lowest BCUT2D eigenvalue weighted by atomic mass is 10.1. The van der Waals surface area contributed by atoms with Crippen LogP contribution in [0.25, 0.3) is 0 Å². The van der Waals surface area contributed by atoms with Crippen molar-refractivity contribution in [2.45, 2.75) is 45.5 Å². The number of nitrogens with one attached hydrogen (secondary N) is 3. The minimum absolute atomic E-state index is 0.0572. The highest BCUT2D eigenvalue weighted by molar-refractivity contribution is 7.88. The average molecular weight is 447 g/mol. The van der Waals surface area contributed by atoms with Crippen molar-refractivity contribution in [2.24, 2.45) is 4.99 Å². The molecule has 0 spiro atoms. The lowest BCUT2D eigenvalue weighted by molar-refractivity contribution is 0.414. The van der Waals surface area contributed by atoms with E-state index in [2.05, 4.69) is 20.3 Å². The van der Waals surface area contributed by atoms with Gasteiger partial charge in [-0.1, -0.05) is 36.4 Å². The third kappa shape index (κ3) is 8.98. The molecule has 0 saturated heterocycles. The molecule has 0 aliphatic rings. The number of rotatable bonds is 11.